The first kappa shape index (κ1) is 13.7. The fourth-order valence-corrected chi connectivity index (χ4v) is 1.68. The van der Waals surface area contributed by atoms with Gasteiger partial charge in [0.2, 0.25) is 0 Å². The number of ether oxygens (including phenoxy) is 1. The molecule has 0 spiro atoms. The van der Waals surface area contributed by atoms with E-state index in [2.05, 4.69) is 5.32 Å². The minimum absolute atomic E-state index is 0.0582. The average Bonchev–Trinajstić information content (AvgIpc) is 2.77. The van der Waals surface area contributed by atoms with Crippen LogP contribution in [0.2, 0.25) is 0 Å². The molecule has 1 atom stereocenters. The van der Waals surface area contributed by atoms with E-state index >= 15 is 0 Å². The van der Waals surface area contributed by atoms with Gasteiger partial charge in [0.1, 0.15) is 5.76 Å². The first-order valence-corrected chi connectivity index (χ1v) is 5.79. The highest BCUT2D eigenvalue weighted by Crippen LogP contribution is 2.11. The summed E-state index contributed by atoms with van der Waals surface area (Å²) in [6.45, 7) is 2.92. The molecule has 1 aromatic rings. The predicted octanol–water partition coefficient (Wildman–Crippen LogP) is 0.936. The first-order valence-electron chi connectivity index (χ1n) is 5.79. The maximum absolute atomic E-state index is 12.0. The molecular formula is C12H20N2O3. The van der Waals surface area contributed by atoms with E-state index in [0.717, 1.165) is 0 Å². The minimum Gasteiger partial charge on any atom is -0.469 e. The quantitative estimate of drug-likeness (QED) is 0.743. The van der Waals surface area contributed by atoms with E-state index in [-0.39, 0.29) is 11.9 Å². The predicted molar refractivity (Wildman–Crippen MR) is 64.9 cm³/mol. The number of carbonyl (C=O) groups excluding carboxylic acids is 1. The van der Waals surface area contributed by atoms with Crippen molar-refractivity contribution < 1.29 is 13.9 Å². The van der Waals surface area contributed by atoms with Crippen LogP contribution in [-0.4, -0.2) is 32.2 Å². The summed E-state index contributed by atoms with van der Waals surface area (Å²) in [5.74, 6) is 0.567. The summed E-state index contributed by atoms with van der Waals surface area (Å²) in [4.78, 5) is 12.0. The second-order valence-corrected chi connectivity index (χ2v) is 3.81. The molecule has 1 unspecified atom stereocenters. The Bertz CT molecular complexity index is 343. The van der Waals surface area contributed by atoms with Gasteiger partial charge in [-0.3, -0.25) is 4.79 Å². The zero-order chi connectivity index (χ0) is 12.7. The van der Waals surface area contributed by atoms with Crippen molar-refractivity contribution in [3.05, 3.63) is 23.7 Å². The van der Waals surface area contributed by atoms with Gasteiger partial charge in [0.05, 0.1) is 24.5 Å². The summed E-state index contributed by atoms with van der Waals surface area (Å²) in [5.41, 5.74) is 6.07. The number of methoxy groups -OCH3 is 1. The maximum Gasteiger partial charge on any atom is 0.255 e. The van der Waals surface area contributed by atoms with Crippen LogP contribution in [0.15, 0.2) is 16.7 Å². The van der Waals surface area contributed by atoms with Crippen molar-refractivity contribution in [2.45, 2.75) is 25.8 Å². The molecule has 0 aliphatic carbocycles. The van der Waals surface area contributed by atoms with Crippen LogP contribution >= 0.6 is 0 Å². The molecule has 0 aromatic carbocycles. The lowest BCUT2D eigenvalue weighted by Gasteiger charge is -2.16. The lowest BCUT2D eigenvalue weighted by atomic mass is 10.1. The molecule has 0 aliphatic rings. The molecule has 1 rings (SSSR count). The molecule has 0 saturated carbocycles. The Balaban J connectivity index is 2.63. The van der Waals surface area contributed by atoms with Gasteiger partial charge in [-0.05, 0) is 19.0 Å². The third kappa shape index (κ3) is 3.87. The van der Waals surface area contributed by atoms with E-state index in [1.54, 1.807) is 13.2 Å². The molecule has 3 N–H and O–H groups in total. The van der Waals surface area contributed by atoms with Crippen molar-refractivity contribution in [3.8, 4) is 0 Å². The van der Waals surface area contributed by atoms with Crippen LogP contribution in [-0.2, 0) is 11.2 Å². The fraction of sp³-hybridized carbons (Fsp3) is 0.583. The number of nitrogens with one attached hydrogen (secondary N) is 1. The number of hydrogen-bond acceptors (Lipinski definition) is 4. The largest absolute Gasteiger partial charge is 0.469 e. The second-order valence-electron chi connectivity index (χ2n) is 3.81. The van der Waals surface area contributed by atoms with E-state index in [4.69, 9.17) is 14.9 Å². The Hall–Kier alpha value is -1.33. The SMILES string of the molecule is CCc1occc1C(=O)NC(CCN)COC. The molecule has 0 aliphatic heterocycles. The molecule has 96 valence electrons. The summed E-state index contributed by atoms with van der Waals surface area (Å²) >= 11 is 0. The van der Waals surface area contributed by atoms with Gasteiger partial charge >= 0.3 is 0 Å². The Kier molecular flexibility index (Phi) is 5.72. The van der Waals surface area contributed by atoms with Crippen molar-refractivity contribution >= 4 is 5.91 Å². The van der Waals surface area contributed by atoms with Gasteiger partial charge in [-0.15, -0.1) is 0 Å². The third-order valence-electron chi connectivity index (χ3n) is 2.53. The Morgan fingerprint density at radius 2 is 2.41 bits per heavy atom. The highest BCUT2D eigenvalue weighted by molar-refractivity contribution is 5.95. The Morgan fingerprint density at radius 1 is 1.65 bits per heavy atom. The Labute approximate surface area is 101 Å². The maximum atomic E-state index is 12.0. The van der Waals surface area contributed by atoms with Gasteiger partial charge < -0.3 is 20.2 Å². The fourth-order valence-electron chi connectivity index (χ4n) is 1.68. The number of nitrogens with two attached hydrogens (primary N) is 1. The number of amides is 1. The molecule has 5 heteroatoms. The third-order valence-corrected chi connectivity index (χ3v) is 2.53. The number of aryl methyl sites for hydroxylation is 1. The molecule has 5 nitrogen and oxygen atoms in total. The first-order chi connectivity index (χ1) is 8.22. The number of rotatable bonds is 7. The highest BCUT2D eigenvalue weighted by Gasteiger charge is 2.17. The van der Waals surface area contributed by atoms with Crippen LogP contribution in [0, 0.1) is 0 Å². The van der Waals surface area contributed by atoms with Crippen LogP contribution in [0.1, 0.15) is 29.5 Å². The zero-order valence-corrected chi connectivity index (χ0v) is 10.4. The lowest BCUT2D eigenvalue weighted by molar-refractivity contribution is 0.0891. The summed E-state index contributed by atoms with van der Waals surface area (Å²) < 4.78 is 10.3. The smallest absolute Gasteiger partial charge is 0.255 e. The van der Waals surface area contributed by atoms with Gasteiger partial charge in [-0.2, -0.15) is 0 Å². The number of furan rings is 1. The molecule has 0 bridgehead atoms. The summed E-state index contributed by atoms with van der Waals surface area (Å²) in [5, 5.41) is 2.89. The monoisotopic (exact) mass is 240 g/mol. The van der Waals surface area contributed by atoms with Crippen molar-refractivity contribution in [1.82, 2.24) is 5.32 Å². The van der Waals surface area contributed by atoms with E-state index in [1.165, 1.54) is 6.26 Å². The van der Waals surface area contributed by atoms with E-state index in [1.807, 2.05) is 6.92 Å². The van der Waals surface area contributed by atoms with Crippen molar-refractivity contribution in [2.75, 3.05) is 20.3 Å². The average molecular weight is 240 g/mol. The zero-order valence-electron chi connectivity index (χ0n) is 10.4. The van der Waals surface area contributed by atoms with Crippen LogP contribution < -0.4 is 11.1 Å². The van der Waals surface area contributed by atoms with Crippen LogP contribution in [0.25, 0.3) is 0 Å². The van der Waals surface area contributed by atoms with Crippen molar-refractivity contribution in [1.29, 1.82) is 0 Å². The van der Waals surface area contributed by atoms with Gasteiger partial charge in [0, 0.05) is 13.5 Å². The van der Waals surface area contributed by atoms with E-state index < -0.39 is 0 Å². The van der Waals surface area contributed by atoms with Crippen molar-refractivity contribution in [2.24, 2.45) is 5.73 Å². The van der Waals surface area contributed by atoms with Gasteiger partial charge in [0.15, 0.2) is 0 Å². The standard InChI is InChI=1S/C12H20N2O3/c1-3-11-10(5-7-17-11)12(15)14-9(4-6-13)8-16-2/h5,7,9H,3-4,6,8,13H2,1-2H3,(H,14,15). The molecule has 1 aromatic heterocycles. The lowest BCUT2D eigenvalue weighted by Crippen LogP contribution is -2.39. The van der Waals surface area contributed by atoms with Crippen LogP contribution in [0.4, 0.5) is 0 Å². The summed E-state index contributed by atoms with van der Waals surface area (Å²) in [7, 11) is 1.60. The number of hydrogen-bond donors (Lipinski definition) is 2. The molecule has 1 amide bonds. The van der Waals surface area contributed by atoms with Crippen LogP contribution in [0.5, 0.6) is 0 Å². The molecular weight excluding hydrogens is 220 g/mol. The molecule has 0 radical (unpaired) electrons. The molecule has 0 saturated heterocycles. The normalized spacial score (nSPS) is 12.4. The number of carbonyl (C=O) groups is 1. The molecule has 1 heterocycles. The van der Waals surface area contributed by atoms with E-state index in [0.29, 0.717) is 37.3 Å². The minimum atomic E-state index is -0.133. The summed E-state index contributed by atoms with van der Waals surface area (Å²) in [6.07, 6.45) is 2.92. The van der Waals surface area contributed by atoms with E-state index in [9.17, 15) is 4.79 Å². The van der Waals surface area contributed by atoms with Crippen LogP contribution in [0.3, 0.4) is 0 Å². The van der Waals surface area contributed by atoms with Gasteiger partial charge in [-0.25, -0.2) is 0 Å². The Morgan fingerprint density at radius 3 is 3.00 bits per heavy atom. The van der Waals surface area contributed by atoms with Gasteiger partial charge in [0.25, 0.3) is 5.91 Å². The second kappa shape index (κ2) is 7.09. The molecule has 0 fully saturated rings. The highest BCUT2D eigenvalue weighted by atomic mass is 16.5. The molecule has 17 heavy (non-hydrogen) atoms. The topological polar surface area (TPSA) is 77.5 Å². The van der Waals surface area contributed by atoms with Gasteiger partial charge in [-0.1, -0.05) is 6.92 Å². The summed E-state index contributed by atoms with van der Waals surface area (Å²) in [6, 6.07) is 1.62. The van der Waals surface area contributed by atoms with Crippen molar-refractivity contribution in [3.63, 3.8) is 0 Å².